The Morgan fingerprint density at radius 3 is 1.46 bits per heavy atom. The molecule has 0 heterocycles. The van der Waals surface area contributed by atoms with Crippen molar-refractivity contribution in [1.29, 1.82) is 0 Å². The smallest absolute Gasteiger partial charge is 0.0414 e. The summed E-state index contributed by atoms with van der Waals surface area (Å²) in [4.78, 5) is 2.24. The van der Waals surface area contributed by atoms with Gasteiger partial charge in [0.1, 0.15) is 0 Å². The van der Waals surface area contributed by atoms with Gasteiger partial charge < -0.3 is 4.90 Å². The standard InChI is InChI=1S/C25H19N/c1-26(18-9-3-2-4-10-18)19-15-16-24-22-13-6-5-11-20(22)21-12-7-8-14-23(21)25(24)17-19/h2-17H,1H3. The van der Waals surface area contributed by atoms with E-state index in [1.807, 2.05) is 0 Å². The highest BCUT2D eigenvalue weighted by molar-refractivity contribution is 6.25. The van der Waals surface area contributed by atoms with Crippen LogP contribution in [0.3, 0.4) is 0 Å². The maximum Gasteiger partial charge on any atom is 0.0414 e. The highest BCUT2D eigenvalue weighted by atomic mass is 15.1. The summed E-state index contributed by atoms with van der Waals surface area (Å²) >= 11 is 0. The summed E-state index contributed by atoms with van der Waals surface area (Å²) in [5.74, 6) is 0. The van der Waals surface area contributed by atoms with Crippen molar-refractivity contribution in [2.24, 2.45) is 0 Å². The molecule has 124 valence electrons. The molecule has 0 aliphatic heterocycles. The predicted octanol–water partition coefficient (Wildman–Crippen LogP) is 6.91. The maximum atomic E-state index is 2.32. The summed E-state index contributed by atoms with van der Waals surface area (Å²) in [5, 5.41) is 7.87. The second-order valence-corrected chi connectivity index (χ2v) is 6.72. The van der Waals surface area contributed by atoms with E-state index in [-0.39, 0.29) is 0 Å². The zero-order valence-electron chi connectivity index (χ0n) is 14.7. The number of benzene rings is 5. The molecule has 0 spiro atoms. The van der Waals surface area contributed by atoms with Gasteiger partial charge in [-0.15, -0.1) is 0 Å². The van der Waals surface area contributed by atoms with E-state index in [4.69, 9.17) is 0 Å². The van der Waals surface area contributed by atoms with E-state index in [1.54, 1.807) is 0 Å². The molecular weight excluding hydrogens is 314 g/mol. The van der Waals surface area contributed by atoms with Crippen LogP contribution < -0.4 is 4.90 Å². The largest absolute Gasteiger partial charge is 0.345 e. The highest BCUT2D eigenvalue weighted by Gasteiger charge is 2.10. The van der Waals surface area contributed by atoms with E-state index in [0.717, 1.165) is 0 Å². The van der Waals surface area contributed by atoms with Crippen LogP contribution in [0.1, 0.15) is 0 Å². The summed E-state index contributed by atoms with van der Waals surface area (Å²) in [7, 11) is 2.12. The van der Waals surface area contributed by atoms with Crippen molar-refractivity contribution in [3.8, 4) is 0 Å². The molecule has 0 fully saturated rings. The van der Waals surface area contributed by atoms with Gasteiger partial charge in [-0.05, 0) is 56.6 Å². The number of para-hydroxylation sites is 1. The lowest BCUT2D eigenvalue weighted by Gasteiger charge is -2.21. The minimum absolute atomic E-state index is 1.19. The first-order valence-electron chi connectivity index (χ1n) is 8.95. The molecule has 0 unspecified atom stereocenters. The number of anilines is 2. The molecule has 0 N–H and O–H groups in total. The lowest BCUT2D eigenvalue weighted by Crippen LogP contribution is -2.08. The Morgan fingerprint density at radius 2 is 0.885 bits per heavy atom. The molecule has 5 rings (SSSR count). The Hall–Kier alpha value is -3.32. The van der Waals surface area contributed by atoms with Crippen molar-refractivity contribution in [3.63, 3.8) is 0 Å². The molecule has 0 bridgehead atoms. The molecule has 1 heteroatoms. The van der Waals surface area contributed by atoms with E-state index in [1.165, 1.54) is 43.7 Å². The fourth-order valence-corrected chi connectivity index (χ4v) is 3.90. The van der Waals surface area contributed by atoms with Gasteiger partial charge in [-0.1, -0.05) is 72.8 Å². The summed E-state index contributed by atoms with van der Waals surface area (Å²) < 4.78 is 0. The second-order valence-electron chi connectivity index (χ2n) is 6.72. The highest BCUT2D eigenvalue weighted by Crippen LogP contribution is 2.37. The summed E-state index contributed by atoms with van der Waals surface area (Å²) in [6, 6.07) is 34.7. The molecule has 0 atom stereocenters. The zero-order valence-corrected chi connectivity index (χ0v) is 14.7. The van der Waals surface area contributed by atoms with Gasteiger partial charge >= 0.3 is 0 Å². The van der Waals surface area contributed by atoms with Crippen LogP contribution in [0.4, 0.5) is 11.4 Å². The van der Waals surface area contributed by atoms with E-state index >= 15 is 0 Å². The summed E-state index contributed by atoms with van der Waals surface area (Å²) in [5.41, 5.74) is 2.39. The Kier molecular flexibility index (Phi) is 3.39. The van der Waals surface area contributed by atoms with Crippen LogP contribution in [0.15, 0.2) is 97.1 Å². The first-order valence-corrected chi connectivity index (χ1v) is 8.95. The van der Waals surface area contributed by atoms with Crippen molar-refractivity contribution >= 4 is 43.7 Å². The molecule has 0 saturated carbocycles. The van der Waals surface area contributed by atoms with Crippen molar-refractivity contribution in [3.05, 3.63) is 97.1 Å². The first kappa shape index (κ1) is 15.0. The molecule has 5 aromatic carbocycles. The van der Waals surface area contributed by atoms with E-state index in [2.05, 4.69) is 109 Å². The van der Waals surface area contributed by atoms with Crippen LogP contribution in [-0.2, 0) is 0 Å². The van der Waals surface area contributed by atoms with Crippen molar-refractivity contribution in [2.45, 2.75) is 0 Å². The van der Waals surface area contributed by atoms with Gasteiger partial charge in [-0.25, -0.2) is 0 Å². The van der Waals surface area contributed by atoms with Crippen LogP contribution in [0.25, 0.3) is 32.3 Å². The van der Waals surface area contributed by atoms with Crippen LogP contribution in [-0.4, -0.2) is 7.05 Å². The van der Waals surface area contributed by atoms with Gasteiger partial charge in [0.25, 0.3) is 0 Å². The molecule has 0 saturated heterocycles. The fourth-order valence-electron chi connectivity index (χ4n) is 3.90. The number of nitrogens with zero attached hydrogens (tertiary/aromatic N) is 1. The van der Waals surface area contributed by atoms with Crippen molar-refractivity contribution in [2.75, 3.05) is 11.9 Å². The van der Waals surface area contributed by atoms with E-state index in [9.17, 15) is 0 Å². The minimum atomic E-state index is 1.19. The average Bonchev–Trinajstić information content (AvgIpc) is 2.74. The monoisotopic (exact) mass is 333 g/mol. The molecule has 0 aromatic heterocycles. The first-order chi connectivity index (χ1) is 12.8. The average molecular weight is 333 g/mol. The summed E-state index contributed by atoms with van der Waals surface area (Å²) in [6.45, 7) is 0. The number of hydrogen-bond donors (Lipinski definition) is 0. The van der Waals surface area contributed by atoms with Crippen LogP contribution in [0, 0.1) is 0 Å². The van der Waals surface area contributed by atoms with E-state index < -0.39 is 0 Å². The molecule has 0 amide bonds. The minimum Gasteiger partial charge on any atom is -0.345 e. The van der Waals surface area contributed by atoms with Crippen LogP contribution in [0.5, 0.6) is 0 Å². The lowest BCUT2D eigenvalue weighted by atomic mass is 9.94. The van der Waals surface area contributed by atoms with Gasteiger partial charge in [0.2, 0.25) is 0 Å². The molecule has 0 radical (unpaired) electrons. The SMILES string of the molecule is CN(c1ccccc1)c1ccc2c3ccccc3c3ccccc3c2c1. The Bertz CT molecular complexity index is 1200. The number of rotatable bonds is 2. The molecule has 0 aliphatic rings. The van der Waals surface area contributed by atoms with Crippen molar-refractivity contribution < 1.29 is 0 Å². The third-order valence-corrected chi connectivity index (χ3v) is 5.26. The summed E-state index contributed by atoms with van der Waals surface area (Å²) in [6.07, 6.45) is 0. The van der Waals surface area contributed by atoms with Gasteiger partial charge in [-0.3, -0.25) is 0 Å². The Balaban J connectivity index is 1.84. The number of fused-ring (bicyclic) bond motifs is 6. The normalized spacial score (nSPS) is 11.3. The predicted molar refractivity (Wildman–Crippen MR) is 113 cm³/mol. The van der Waals surface area contributed by atoms with Crippen molar-refractivity contribution in [1.82, 2.24) is 0 Å². The van der Waals surface area contributed by atoms with E-state index in [0.29, 0.717) is 0 Å². The number of hydrogen-bond acceptors (Lipinski definition) is 1. The molecule has 26 heavy (non-hydrogen) atoms. The fraction of sp³-hybridized carbons (Fsp3) is 0.0400. The van der Waals surface area contributed by atoms with Crippen LogP contribution >= 0.6 is 0 Å². The van der Waals surface area contributed by atoms with Gasteiger partial charge in [0.15, 0.2) is 0 Å². The van der Waals surface area contributed by atoms with Gasteiger partial charge in [0.05, 0.1) is 0 Å². The third-order valence-electron chi connectivity index (χ3n) is 5.26. The molecular formula is C25H19N. The topological polar surface area (TPSA) is 3.24 Å². The zero-order chi connectivity index (χ0) is 17.5. The second kappa shape index (κ2) is 5.89. The lowest BCUT2D eigenvalue weighted by molar-refractivity contribution is 1.21. The van der Waals surface area contributed by atoms with Gasteiger partial charge in [0, 0.05) is 18.4 Å². The molecule has 5 aromatic rings. The van der Waals surface area contributed by atoms with Crippen LogP contribution in [0.2, 0.25) is 0 Å². The maximum absolute atomic E-state index is 2.32. The quantitative estimate of drug-likeness (QED) is 0.317. The Morgan fingerprint density at radius 1 is 0.423 bits per heavy atom. The molecule has 1 nitrogen and oxygen atoms in total. The Labute approximate surface area is 153 Å². The van der Waals surface area contributed by atoms with Gasteiger partial charge in [-0.2, -0.15) is 0 Å². The molecule has 0 aliphatic carbocycles. The third kappa shape index (κ3) is 2.25.